The third-order valence-electron chi connectivity index (χ3n) is 5.55. The first-order chi connectivity index (χ1) is 13.7. The molecule has 0 spiro atoms. The van der Waals surface area contributed by atoms with E-state index in [4.69, 9.17) is 4.74 Å². The first-order valence-corrected chi connectivity index (χ1v) is 10.8. The Bertz CT molecular complexity index is 596. The van der Waals surface area contributed by atoms with Crippen molar-refractivity contribution < 1.29 is 14.3 Å². The molecule has 1 atom stereocenters. The Kier molecular flexibility index (Phi) is 8.29. The minimum absolute atomic E-state index is 0.148. The summed E-state index contributed by atoms with van der Waals surface area (Å²) in [6.07, 6.45) is 2.79. The van der Waals surface area contributed by atoms with Gasteiger partial charge in [0.1, 0.15) is 11.6 Å². The molecule has 8 nitrogen and oxygen atoms in total. The first-order valence-electron chi connectivity index (χ1n) is 10.8. The zero-order valence-corrected chi connectivity index (χ0v) is 18.4. The van der Waals surface area contributed by atoms with Crippen LogP contribution in [0.25, 0.3) is 0 Å². The SMILES string of the molecule is CCCN1CCC(C#N)(NC(=O)C(CC(C)(C)C)NC(=O)N2CCOCC2)CC1. The van der Waals surface area contributed by atoms with Crippen LogP contribution < -0.4 is 10.6 Å². The molecule has 0 saturated carbocycles. The predicted molar refractivity (Wildman–Crippen MR) is 111 cm³/mol. The number of likely N-dealkylation sites (tertiary alicyclic amines) is 1. The van der Waals surface area contributed by atoms with E-state index in [1.165, 1.54) is 0 Å². The first kappa shape index (κ1) is 23.4. The maximum absolute atomic E-state index is 13.1. The number of morpholine rings is 1. The van der Waals surface area contributed by atoms with E-state index in [1.54, 1.807) is 4.90 Å². The number of nitrogens with one attached hydrogen (secondary N) is 2. The number of piperidine rings is 1. The van der Waals surface area contributed by atoms with E-state index in [1.807, 2.05) is 20.8 Å². The highest BCUT2D eigenvalue weighted by Gasteiger charge is 2.39. The van der Waals surface area contributed by atoms with E-state index >= 15 is 0 Å². The van der Waals surface area contributed by atoms with Crippen molar-refractivity contribution in [3.8, 4) is 6.07 Å². The molecule has 164 valence electrons. The summed E-state index contributed by atoms with van der Waals surface area (Å²) in [5.41, 5.74) is -1.01. The molecule has 2 rings (SSSR count). The van der Waals surface area contributed by atoms with Crippen LogP contribution in [0.2, 0.25) is 0 Å². The van der Waals surface area contributed by atoms with Gasteiger partial charge < -0.3 is 25.2 Å². The van der Waals surface area contributed by atoms with Gasteiger partial charge in [-0.05, 0) is 37.6 Å². The highest BCUT2D eigenvalue weighted by atomic mass is 16.5. The van der Waals surface area contributed by atoms with Crippen molar-refractivity contribution >= 4 is 11.9 Å². The van der Waals surface area contributed by atoms with Gasteiger partial charge in [0, 0.05) is 26.2 Å². The lowest BCUT2D eigenvalue weighted by atomic mass is 9.85. The maximum atomic E-state index is 13.1. The van der Waals surface area contributed by atoms with Gasteiger partial charge in [-0.2, -0.15) is 5.26 Å². The Balaban J connectivity index is 2.04. The summed E-state index contributed by atoms with van der Waals surface area (Å²) < 4.78 is 5.30. The highest BCUT2D eigenvalue weighted by molar-refractivity contribution is 5.88. The van der Waals surface area contributed by atoms with Gasteiger partial charge in [-0.15, -0.1) is 0 Å². The Morgan fingerprint density at radius 3 is 2.31 bits per heavy atom. The number of urea groups is 1. The second-order valence-corrected chi connectivity index (χ2v) is 9.39. The molecular formula is C21H37N5O3. The molecule has 0 aromatic carbocycles. The summed E-state index contributed by atoms with van der Waals surface area (Å²) in [4.78, 5) is 29.8. The van der Waals surface area contributed by atoms with Crippen molar-refractivity contribution in [3.63, 3.8) is 0 Å². The van der Waals surface area contributed by atoms with Gasteiger partial charge in [0.25, 0.3) is 0 Å². The van der Waals surface area contributed by atoms with Crippen LogP contribution in [0.4, 0.5) is 4.79 Å². The van der Waals surface area contributed by atoms with Crippen molar-refractivity contribution in [2.75, 3.05) is 45.9 Å². The summed E-state index contributed by atoms with van der Waals surface area (Å²) in [6, 6.07) is 1.42. The number of rotatable bonds is 6. The molecular weight excluding hydrogens is 370 g/mol. The van der Waals surface area contributed by atoms with Crippen molar-refractivity contribution in [2.24, 2.45) is 5.41 Å². The molecule has 2 aliphatic rings. The maximum Gasteiger partial charge on any atom is 0.318 e. The summed E-state index contributed by atoms with van der Waals surface area (Å²) in [6.45, 7) is 12.9. The summed E-state index contributed by atoms with van der Waals surface area (Å²) in [7, 11) is 0. The number of carbonyl (C=O) groups excluding carboxylic acids is 2. The highest BCUT2D eigenvalue weighted by Crippen LogP contribution is 2.25. The number of hydrogen-bond donors (Lipinski definition) is 2. The molecule has 2 fully saturated rings. The molecule has 2 saturated heterocycles. The zero-order chi connectivity index (χ0) is 21.5. The van der Waals surface area contributed by atoms with Gasteiger partial charge in [0.2, 0.25) is 5.91 Å². The van der Waals surface area contributed by atoms with Crippen LogP contribution in [-0.2, 0) is 9.53 Å². The molecule has 29 heavy (non-hydrogen) atoms. The van der Waals surface area contributed by atoms with Crippen LogP contribution >= 0.6 is 0 Å². The molecule has 0 aromatic rings. The fraction of sp³-hybridized carbons (Fsp3) is 0.857. The second-order valence-electron chi connectivity index (χ2n) is 9.39. The number of ether oxygens (including phenoxy) is 1. The van der Waals surface area contributed by atoms with E-state index in [0.717, 1.165) is 26.1 Å². The summed E-state index contributed by atoms with van der Waals surface area (Å²) in [5.74, 6) is -0.271. The lowest BCUT2D eigenvalue weighted by Gasteiger charge is -2.39. The van der Waals surface area contributed by atoms with Crippen LogP contribution in [0.3, 0.4) is 0 Å². The Hall–Kier alpha value is -1.85. The third kappa shape index (κ3) is 7.16. The molecule has 0 radical (unpaired) electrons. The van der Waals surface area contributed by atoms with Gasteiger partial charge in [0.05, 0.1) is 19.3 Å². The topological polar surface area (TPSA) is 97.7 Å². The largest absolute Gasteiger partial charge is 0.378 e. The Morgan fingerprint density at radius 2 is 1.79 bits per heavy atom. The van der Waals surface area contributed by atoms with Gasteiger partial charge in [0.15, 0.2) is 0 Å². The van der Waals surface area contributed by atoms with Crippen LogP contribution in [0.1, 0.15) is 53.4 Å². The average Bonchev–Trinajstić information content (AvgIpc) is 2.69. The molecule has 2 aliphatic heterocycles. The fourth-order valence-electron chi connectivity index (χ4n) is 3.89. The lowest BCUT2D eigenvalue weighted by Crippen LogP contribution is -2.60. The molecule has 2 N–H and O–H groups in total. The van der Waals surface area contributed by atoms with Crippen LogP contribution in [0, 0.1) is 16.7 Å². The standard InChI is InChI=1S/C21H37N5O3/c1-5-8-25-9-6-21(16-22,7-10-25)24-18(27)17(15-20(2,3)4)23-19(28)26-11-13-29-14-12-26/h17H,5-15H2,1-4H3,(H,23,28)(H,24,27). The second kappa shape index (κ2) is 10.3. The monoisotopic (exact) mass is 407 g/mol. The summed E-state index contributed by atoms with van der Waals surface area (Å²) >= 11 is 0. The van der Waals surface area contributed by atoms with Gasteiger partial charge in [-0.25, -0.2) is 4.79 Å². The molecule has 0 aliphatic carbocycles. The van der Waals surface area contributed by atoms with Crippen molar-refractivity contribution in [1.82, 2.24) is 20.4 Å². The quantitative estimate of drug-likeness (QED) is 0.699. The van der Waals surface area contributed by atoms with Gasteiger partial charge in [-0.1, -0.05) is 27.7 Å². The van der Waals surface area contributed by atoms with E-state index in [9.17, 15) is 14.9 Å². The number of carbonyl (C=O) groups is 2. The lowest BCUT2D eigenvalue weighted by molar-refractivity contribution is -0.125. The normalized spacial score (nSPS) is 21.1. The van der Waals surface area contributed by atoms with E-state index in [-0.39, 0.29) is 17.4 Å². The van der Waals surface area contributed by atoms with Crippen molar-refractivity contribution in [2.45, 2.75) is 65.0 Å². The van der Waals surface area contributed by atoms with Crippen molar-refractivity contribution in [3.05, 3.63) is 0 Å². The minimum atomic E-state index is -0.860. The van der Waals surface area contributed by atoms with Crippen molar-refractivity contribution in [1.29, 1.82) is 5.26 Å². The zero-order valence-electron chi connectivity index (χ0n) is 18.4. The summed E-state index contributed by atoms with van der Waals surface area (Å²) in [5, 5.41) is 15.7. The minimum Gasteiger partial charge on any atom is -0.378 e. The fourth-order valence-corrected chi connectivity index (χ4v) is 3.89. The average molecular weight is 408 g/mol. The van der Waals surface area contributed by atoms with E-state index < -0.39 is 11.6 Å². The van der Waals surface area contributed by atoms with Gasteiger partial charge in [-0.3, -0.25) is 4.79 Å². The van der Waals surface area contributed by atoms with Crippen LogP contribution in [0.15, 0.2) is 0 Å². The number of nitrogens with zero attached hydrogens (tertiary/aromatic N) is 3. The molecule has 3 amide bonds. The number of amides is 3. The Morgan fingerprint density at radius 1 is 1.17 bits per heavy atom. The predicted octanol–water partition coefficient (Wildman–Crippen LogP) is 1.72. The van der Waals surface area contributed by atoms with E-state index in [0.29, 0.717) is 45.6 Å². The molecule has 0 bridgehead atoms. The Labute approximate surface area is 174 Å². The van der Waals surface area contributed by atoms with Crippen LogP contribution in [-0.4, -0.2) is 79.3 Å². The van der Waals surface area contributed by atoms with Gasteiger partial charge >= 0.3 is 6.03 Å². The number of nitriles is 1. The number of hydrogen-bond acceptors (Lipinski definition) is 5. The molecule has 1 unspecified atom stereocenters. The molecule has 8 heteroatoms. The van der Waals surface area contributed by atoms with E-state index in [2.05, 4.69) is 28.5 Å². The van der Waals surface area contributed by atoms with Crippen LogP contribution in [0.5, 0.6) is 0 Å². The third-order valence-corrected chi connectivity index (χ3v) is 5.55. The molecule has 0 aromatic heterocycles. The molecule has 2 heterocycles. The smallest absolute Gasteiger partial charge is 0.318 e.